The van der Waals surface area contributed by atoms with E-state index in [9.17, 15) is 4.79 Å². The highest BCUT2D eigenvalue weighted by atomic mass is 32.2. The van der Waals surface area contributed by atoms with Gasteiger partial charge in [0.05, 0.1) is 7.11 Å². The van der Waals surface area contributed by atoms with Gasteiger partial charge in [-0.3, -0.25) is 4.79 Å². The number of fused-ring (bicyclic) bond motifs is 1. The molecule has 1 aliphatic heterocycles. The zero-order chi connectivity index (χ0) is 14.7. The Morgan fingerprint density at radius 2 is 1.81 bits per heavy atom. The van der Waals surface area contributed by atoms with Gasteiger partial charge in [0.2, 0.25) is 0 Å². The monoisotopic (exact) mass is 301 g/mol. The van der Waals surface area contributed by atoms with Crippen molar-refractivity contribution in [1.82, 2.24) is 0 Å². The lowest BCUT2D eigenvalue weighted by atomic mass is 10.0. The smallest absolute Gasteiger partial charge is 0.305 e. The highest BCUT2D eigenvalue weighted by Gasteiger charge is 2.28. The van der Waals surface area contributed by atoms with Crippen LogP contribution in [0.2, 0.25) is 0 Å². The third-order valence-corrected chi connectivity index (χ3v) is 6.68. The van der Waals surface area contributed by atoms with Crippen molar-refractivity contribution in [2.75, 3.05) is 18.6 Å². The molecule has 110 valence electrons. The lowest BCUT2D eigenvalue weighted by Gasteiger charge is -2.10. The number of rotatable bonds is 4. The molecule has 0 saturated carbocycles. The van der Waals surface area contributed by atoms with Gasteiger partial charge < -0.3 is 4.74 Å². The summed E-state index contributed by atoms with van der Waals surface area (Å²) in [5, 5.41) is 2.68. The molecule has 0 unspecified atom stereocenters. The second-order valence-corrected chi connectivity index (χ2v) is 7.69. The van der Waals surface area contributed by atoms with Crippen LogP contribution in [0.15, 0.2) is 41.3 Å². The summed E-state index contributed by atoms with van der Waals surface area (Å²) in [6, 6.07) is 13.1. The van der Waals surface area contributed by atoms with Gasteiger partial charge in [-0.2, -0.15) is 0 Å². The van der Waals surface area contributed by atoms with E-state index in [1.165, 1.54) is 52.7 Å². The quantitative estimate of drug-likeness (QED) is 0.635. The fourth-order valence-corrected chi connectivity index (χ4v) is 5.52. The molecule has 2 aromatic carbocycles. The highest BCUT2D eigenvalue weighted by molar-refractivity contribution is 7.97. The van der Waals surface area contributed by atoms with Crippen LogP contribution < -0.4 is 0 Å². The fourth-order valence-electron chi connectivity index (χ4n) is 3.02. The van der Waals surface area contributed by atoms with Crippen LogP contribution in [0.25, 0.3) is 10.8 Å². The standard InChI is InChI=1S/C18H21O2S/c1-20-18(19)11-9-14-8-10-17(21-12-4-5-13-21)16-7-3-2-6-15(14)16/h2-3,6-8,10H,4-5,9,11-13H2,1H3/q+1. The molecule has 21 heavy (non-hydrogen) atoms. The van der Waals surface area contributed by atoms with Gasteiger partial charge in [0, 0.05) is 22.7 Å². The molecule has 0 spiro atoms. The number of benzene rings is 2. The second kappa shape index (κ2) is 6.52. The number of ether oxygens (including phenoxy) is 1. The van der Waals surface area contributed by atoms with Crippen LogP contribution in [0.1, 0.15) is 24.8 Å². The number of carbonyl (C=O) groups excluding carboxylic acids is 1. The lowest BCUT2D eigenvalue weighted by Crippen LogP contribution is -2.06. The molecule has 0 aromatic heterocycles. The average molecular weight is 301 g/mol. The first-order valence-corrected chi connectivity index (χ1v) is 9.11. The summed E-state index contributed by atoms with van der Waals surface area (Å²) in [7, 11) is 1.87. The Morgan fingerprint density at radius 1 is 1.10 bits per heavy atom. The van der Waals surface area contributed by atoms with Gasteiger partial charge in [-0.1, -0.05) is 24.3 Å². The van der Waals surface area contributed by atoms with Gasteiger partial charge in [-0.25, -0.2) is 0 Å². The Bertz CT molecular complexity index is 645. The third-order valence-electron chi connectivity index (χ3n) is 4.14. The van der Waals surface area contributed by atoms with Crippen LogP contribution in [0, 0.1) is 0 Å². The van der Waals surface area contributed by atoms with Crippen molar-refractivity contribution in [3.63, 3.8) is 0 Å². The van der Waals surface area contributed by atoms with Crippen molar-refractivity contribution < 1.29 is 9.53 Å². The Labute approximate surface area is 128 Å². The molecule has 2 aromatic rings. The molecular formula is C18H21O2S+. The van der Waals surface area contributed by atoms with Crippen molar-refractivity contribution in [1.29, 1.82) is 0 Å². The maximum Gasteiger partial charge on any atom is 0.305 e. The number of methoxy groups -OCH3 is 1. The SMILES string of the molecule is COC(=O)CCc1ccc([S+]2CCCC2)c2ccccc12. The number of esters is 1. The minimum absolute atomic E-state index is 0.138. The van der Waals surface area contributed by atoms with Gasteiger partial charge >= 0.3 is 5.97 Å². The first kappa shape index (κ1) is 14.5. The first-order valence-electron chi connectivity index (χ1n) is 7.54. The normalized spacial score (nSPS) is 15.5. The molecule has 3 rings (SSSR count). The van der Waals surface area contributed by atoms with Crippen LogP contribution in [0.5, 0.6) is 0 Å². The van der Waals surface area contributed by atoms with E-state index in [2.05, 4.69) is 36.4 Å². The number of hydrogen-bond acceptors (Lipinski definition) is 2. The van der Waals surface area contributed by atoms with Crippen molar-refractivity contribution in [2.45, 2.75) is 30.6 Å². The summed E-state index contributed by atoms with van der Waals surface area (Å²) < 4.78 is 4.75. The Balaban J connectivity index is 1.96. The van der Waals surface area contributed by atoms with E-state index in [4.69, 9.17) is 4.74 Å². The summed E-state index contributed by atoms with van der Waals surface area (Å²) in [5.41, 5.74) is 1.25. The van der Waals surface area contributed by atoms with E-state index in [0.717, 1.165) is 6.42 Å². The minimum atomic E-state index is -0.138. The molecule has 2 nitrogen and oxygen atoms in total. The Kier molecular flexibility index (Phi) is 4.49. The highest BCUT2D eigenvalue weighted by Crippen LogP contribution is 2.32. The van der Waals surface area contributed by atoms with Crippen molar-refractivity contribution in [2.24, 2.45) is 0 Å². The van der Waals surface area contributed by atoms with Crippen LogP contribution in [0.4, 0.5) is 0 Å². The molecule has 0 radical (unpaired) electrons. The maximum atomic E-state index is 11.4. The van der Waals surface area contributed by atoms with Gasteiger partial charge in [0.15, 0.2) is 4.90 Å². The number of aryl methyl sites for hydroxylation is 1. The molecule has 0 atom stereocenters. The molecule has 0 bridgehead atoms. The maximum absolute atomic E-state index is 11.4. The van der Waals surface area contributed by atoms with E-state index in [0.29, 0.717) is 17.3 Å². The van der Waals surface area contributed by atoms with E-state index in [1.54, 1.807) is 0 Å². The van der Waals surface area contributed by atoms with Gasteiger partial charge in [-0.05, 0) is 42.3 Å². The molecule has 1 fully saturated rings. The van der Waals surface area contributed by atoms with Crippen LogP contribution in [-0.2, 0) is 26.8 Å². The first-order chi connectivity index (χ1) is 10.3. The predicted octanol–water partition coefficient (Wildman–Crippen LogP) is 3.72. The molecule has 0 aliphatic carbocycles. The molecule has 3 heteroatoms. The predicted molar refractivity (Wildman–Crippen MR) is 88.9 cm³/mol. The Hall–Kier alpha value is -1.48. The zero-order valence-electron chi connectivity index (χ0n) is 12.4. The van der Waals surface area contributed by atoms with Gasteiger partial charge in [0.1, 0.15) is 11.5 Å². The fraction of sp³-hybridized carbons (Fsp3) is 0.389. The van der Waals surface area contributed by atoms with Crippen molar-refractivity contribution in [3.05, 3.63) is 42.0 Å². The van der Waals surface area contributed by atoms with E-state index < -0.39 is 0 Å². The van der Waals surface area contributed by atoms with Crippen molar-refractivity contribution in [3.8, 4) is 0 Å². The lowest BCUT2D eigenvalue weighted by molar-refractivity contribution is -0.140. The molecule has 0 amide bonds. The van der Waals surface area contributed by atoms with Crippen LogP contribution in [0.3, 0.4) is 0 Å². The summed E-state index contributed by atoms with van der Waals surface area (Å²) in [6.07, 6.45) is 3.93. The van der Waals surface area contributed by atoms with Crippen LogP contribution in [-0.4, -0.2) is 24.6 Å². The molecule has 1 saturated heterocycles. The molecule has 1 aliphatic rings. The van der Waals surface area contributed by atoms with E-state index in [-0.39, 0.29) is 5.97 Å². The van der Waals surface area contributed by atoms with E-state index in [1.807, 2.05) is 0 Å². The zero-order valence-corrected chi connectivity index (χ0v) is 13.2. The summed E-state index contributed by atoms with van der Waals surface area (Å²) in [4.78, 5) is 12.9. The number of carbonyl (C=O) groups is 1. The molecule has 0 N–H and O–H groups in total. The van der Waals surface area contributed by atoms with Crippen LogP contribution >= 0.6 is 0 Å². The van der Waals surface area contributed by atoms with Gasteiger partial charge in [0.25, 0.3) is 0 Å². The third kappa shape index (κ3) is 3.08. The van der Waals surface area contributed by atoms with Crippen molar-refractivity contribution >= 4 is 27.6 Å². The average Bonchev–Trinajstić information content (AvgIpc) is 3.06. The summed E-state index contributed by atoms with van der Waals surface area (Å²) in [5.74, 6) is 2.54. The topological polar surface area (TPSA) is 26.3 Å². The summed E-state index contributed by atoms with van der Waals surface area (Å²) >= 11 is 0. The second-order valence-electron chi connectivity index (χ2n) is 5.45. The molecule has 1 heterocycles. The minimum Gasteiger partial charge on any atom is -0.469 e. The molecular weight excluding hydrogens is 280 g/mol. The number of hydrogen-bond donors (Lipinski definition) is 0. The largest absolute Gasteiger partial charge is 0.469 e. The Morgan fingerprint density at radius 3 is 2.52 bits per heavy atom. The van der Waals surface area contributed by atoms with E-state index >= 15 is 0 Å². The summed E-state index contributed by atoms with van der Waals surface area (Å²) in [6.45, 7) is 0. The van der Waals surface area contributed by atoms with Gasteiger partial charge in [-0.15, -0.1) is 0 Å².